The molecule has 0 spiro atoms. The number of halogens is 1. The van der Waals surface area contributed by atoms with Gasteiger partial charge in [0.25, 0.3) is 0 Å². The Labute approximate surface area is 220 Å². The summed E-state index contributed by atoms with van der Waals surface area (Å²) in [5, 5.41) is 2.62. The van der Waals surface area contributed by atoms with E-state index in [1.165, 1.54) is 21.3 Å². The van der Waals surface area contributed by atoms with Crippen molar-refractivity contribution >= 4 is 33.5 Å². The van der Waals surface area contributed by atoms with E-state index in [9.17, 15) is 9.59 Å². The first-order valence-electron chi connectivity index (χ1n) is 11.1. The minimum Gasteiger partial charge on any atom is -0.493 e. The van der Waals surface area contributed by atoms with Crippen LogP contribution in [0.5, 0.6) is 34.5 Å². The van der Waals surface area contributed by atoms with Crippen LogP contribution in [0.1, 0.15) is 22.0 Å². The van der Waals surface area contributed by atoms with Crippen LogP contribution >= 0.6 is 15.9 Å². The Bertz CT molecular complexity index is 1350. The fraction of sp³-hybridized carbons (Fsp3) is 0.231. The van der Waals surface area contributed by atoms with E-state index in [-0.39, 0.29) is 12.4 Å². The molecule has 37 heavy (non-hydrogen) atoms. The van der Waals surface area contributed by atoms with Gasteiger partial charge in [0, 0.05) is 22.2 Å². The smallest absolute Gasteiger partial charge is 0.412 e. The number of ether oxygens (including phenoxy) is 7. The van der Waals surface area contributed by atoms with Gasteiger partial charge in [-0.25, -0.2) is 4.79 Å². The number of hydrogen-bond donors (Lipinski definition) is 1. The second-order valence-electron chi connectivity index (χ2n) is 8.02. The third-order valence-corrected chi connectivity index (χ3v) is 6.36. The lowest BCUT2D eigenvalue weighted by atomic mass is 9.93. The first kappa shape index (κ1) is 24.6. The van der Waals surface area contributed by atoms with Crippen molar-refractivity contribution in [3.8, 4) is 34.5 Å². The molecule has 0 aromatic heterocycles. The number of anilines is 1. The molecule has 5 rings (SSSR count). The molecular weight excluding hydrogens is 550 g/mol. The summed E-state index contributed by atoms with van der Waals surface area (Å²) >= 11 is 3.37. The Morgan fingerprint density at radius 3 is 2.32 bits per heavy atom. The fourth-order valence-electron chi connectivity index (χ4n) is 4.15. The molecule has 0 radical (unpaired) electrons. The zero-order chi connectivity index (χ0) is 26.1. The molecule has 1 N–H and O–H groups in total. The fourth-order valence-corrected chi connectivity index (χ4v) is 4.51. The zero-order valence-corrected chi connectivity index (χ0v) is 21.6. The van der Waals surface area contributed by atoms with Crippen LogP contribution < -0.4 is 33.7 Å². The highest BCUT2D eigenvalue weighted by Crippen LogP contribution is 2.42. The number of methoxy groups -OCH3 is 3. The maximum atomic E-state index is 13.5. The number of amides is 1. The molecule has 192 valence electrons. The second-order valence-corrected chi connectivity index (χ2v) is 8.94. The Balaban J connectivity index is 1.45. The van der Waals surface area contributed by atoms with Crippen molar-refractivity contribution < 1.29 is 42.7 Å². The molecule has 11 heteroatoms. The van der Waals surface area contributed by atoms with Crippen LogP contribution in [0.15, 0.2) is 53.0 Å². The zero-order valence-electron chi connectivity index (χ0n) is 20.0. The number of hydrogen-bond acceptors (Lipinski definition) is 9. The third kappa shape index (κ3) is 4.69. The molecule has 0 saturated heterocycles. The Hall–Kier alpha value is -4.12. The second kappa shape index (κ2) is 10.1. The van der Waals surface area contributed by atoms with Gasteiger partial charge in [-0.1, -0.05) is 22.0 Å². The molecule has 1 amide bonds. The van der Waals surface area contributed by atoms with Gasteiger partial charge < -0.3 is 33.2 Å². The van der Waals surface area contributed by atoms with Gasteiger partial charge in [0.2, 0.25) is 24.4 Å². The molecule has 0 unspecified atom stereocenters. The summed E-state index contributed by atoms with van der Waals surface area (Å²) in [7, 11) is 4.40. The lowest BCUT2D eigenvalue weighted by molar-refractivity contribution is 0.0132. The van der Waals surface area contributed by atoms with Crippen molar-refractivity contribution in [3.05, 3.63) is 64.1 Å². The summed E-state index contributed by atoms with van der Waals surface area (Å²) in [5.74, 6) is 2.09. The number of Topliss-reactive ketones (excluding diaryl/α,β-unsaturated/α-hetero) is 1. The monoisotopic (exact) mass is 571 g/mol. The highest BCUT2D eigenvalue weighted by atomic mass is 79.9. The number of rotatable bonds is 6. The van der Waals surface area contributed by atoms with Crippen molar-refractivity contribution in [2.75, 3.05) is 33.4 Å². The predicted octanol–water partition coefficient (Wildman–Crippen LogP) is 5.14. The van der Waals surface area contributed by atoms with Gasteiger partial charge >= 0.3 is 6.09 Å². The van der Waals surface area contributed by atoms with E-state index in [4.69, 9.17) is 33.2 Å². The maximum Gasteiger partial charge on any atom is 0.412 e. The molecule has 3 aromatic rings. The summed E-state index contributed by atoms with van der Waals surface area (Å²) in [6.07, 6.45) is -3.09. The van der Waals surface area contributed by atoms with E-state index in [0.717, 1.165) is 0 Å². The molecule has 2 aliphatic heterocycles. The van der Waals surface area contributed by atoms with Gasteiger partial charge in [-0.15, -0.1) is 0 Å². The van der Waals surface area contributed by atoms with E-state index in [1.54, 1.807) is 48.5 Å². The van der Waals surface area contributed by atoms with Crippen LogP contribution in [0.25, 0.3) is 0 Å². The van der Waals surface area contributed by atoms with Crippen LogP contribution in [0.3, 0.4) is 0 Å². The third-order valence-electron chi connectivity index (χ3n) is 5.86. The minimum absolute atomic E-state index is 0.0945. The number of benzene rings is 3. The summed E-state index contributed by atoms with van der Waals surface area (Å²) in [4.78, 5) is 26.6. The largest absolute Gasteiger partial charge is 0.493 e. The van der Waals surface area contributed by atoms with Crippen LogP contribution in [-0.4, -0.2) is 46.1 Å². The number of fused-ring (bicyclic) bond motifs is 2. The highest BCUT2D eigenvalue weighted by Gasteiger charge is 2.42. The summed E-state index contributed by atoms with van der Waals surface area (Å²) in [6, 6.07) is 13.3. The van der Waals surface area contributed by atoms with Gasteiger partial charge in [-0.2, -0.15) is 0 Å². The van der Waals surface area contributed by atoms with Gasteiger partial charge in [-0.3, -0.25) is 10.1 Å². The van der Waals surface area contributed by atoms with E-state index in [1.807, 2.05) is 0 Å². The molecule has 2 atom stereocenters. The highest BCUT2D eigenvalue weighted by molar-refractivity contribution is 9.10. The van der Waals surface area contributed by atoms with Crippen LogP contribution in [-0.2, 0) is 4.74 Å². The number of ketones is 1. The molecule has 0 saturated carbocycles. The molecule has 0 aliphatic carbocycles. The lowest BCUT2D eigenvalue weighted by Gasteiger charge is -2.32. The number of carbonyl (C=O) groups excluding carboxylic acids is 2. The lowest BCUT2D eigenvalue weighted by Crippen LogP contribution is -2.40. The van der Waals surface area contributed by atoms with Crippen molar-refractivity contribution in [3.63, 3.8) is 0 Å². The maximum absolute atomic E-state index is 13.5. The number of carbonyl (C=O) groups is 2. The SMILES string of the molecule is COc1cc(NC(=O)O[C@@H]2C(=O)c3cc(Br)ccc3O[C@H]2c2ccc3c(c2)OCO3)cc(OC)c1OC. The topological polar surface area (TPSA) is 111 Å². The van der Waals surface area contributed by atoms with E-state index in [0.29, 0.717) is 50.2 Å². The summed E-state index contributed by atoms with van der Waals surface area (Å²) in [5.41, 5.74) is 1.18. The van der Waals surface area contributed by atoms with E-state index < -0.39 is 24.1 Å². The van der Waals surface area contributed by atoms with Gasteiger partial charge in [0.05, 0.1) is 32.6 Å². The van der Waals surface area contributed by atoms with Gasteiger partial charge in [-0.05, 0) is 30.3 Å². The van der Waals surface area contributed by atoms with Crippen LogP contribution in [0, 0.1) is 0 Å². The first-order valence-corrected chi connectivity index (χ1v) is 11.9. The Morgan fingerprint density at radius 1 is 0.919 bits per heavy atom. The summed E-state index contributed by atoms with van der Waals surface area (Å²) < 4.78 is 39.4. The van der Waals surface area contributed by atoms with Gasteiger partial charge in [0.1, 0.15) is 5.75 Å². The quantitative estimate of drug-likeness (QED) is 0.430. The van der Waals surface area contributed by atoms with Crippen molar-refractivity contribution in [1.82, 2.24) is 0 Å². The molecule has 10 nitrogen and oxygen atoms in total. The number of nitrogens with one attached hydrogen (secondary N) is 1. The van der Waals surface area contributed by atoms with E-state index in [2.05, 4.69) is 21.2 Å². The molecule has 0 fully saturated rings. The normalized spacial score (nSPS) is 17.4. The van der Waals surface area contributed by atoms with Gasteiger partial charge in [0.15, 0.2) is 29.1 Å². The first-order chi connectivity index (χ1) is 17.9. The molecule has 2 aliphatic rings. The predicted molar refractivity (Wildman–Crippen MR) is 134 cm³/mol. The molecule has 0 bridgehead atoms. The van der Waals surface area contributed by atoms with E-state index >= 15 is 0 Å². The van der Waals surface area contributed by atoms with Crippen LogP contribution in [0.2, 0.25) is 0 Å². The van der Waals surface area contributed by atoms with Crippen molar-refractivity contribution in [2.45, 2.75) is 12.2 Å². The Kier molecular flexibility index (Phi) is 6.70. The van der Waals surface area contributed by atoms with Crippen molar-refractivity contribution in [2.24, 2.45) is 0 Å². The summed E-state index contributed by atoms with van der Waals surface area (Å²) in [6.45, 7) is 0.0945. The molecule has 3 aromatic carbocycles. The molecular formula is C26H22BrNO9. The molecule has 2 heterocycles. The average molecular weight is 572 g/mol. The Morgan fingerprint density at radius 2 is 1.62 bits per heavy atom. The minimum atomic E-state index is -1.29. The standard InChI is InChI=1S/C26H22BrNO9/c1-31-20-10-15(11-21(32-2)24(20)33-3)28-26(30)37-25-22(29)16-9-14(27)5-7-17(16)36-23(25)13-4-6-18-19(8-13)35-12-34-18/h4-11,23,25H,12H2,1-3H3,(H,28,30)/t23-,25+/m0/s1. The van der Waals surface area contributed by atoms with Crippen molar-refractivity contribution in [1.29, 1.82) is 0 Å². The average Bonchev–Trinajstić information content (AvgIpc) is 3.38. The van der Waals surface area contributed by atoms with Crippen LogP contribution in [0.4, 0.5) is 10.5 Å².